The van der Waals surface area contributed by atoms with Gasteiger partial charge in [0.2, 0.25) is 11.4 Å². The molecule has 0 bridgehead atoms. The number of rotatable bonds is 103. The number of hydrogen-bond acceptors (Lipinski definition) is 0. The Morgan fingerprint density at radius 2 is 0.457 bits per heavy atom. The first-order valence-electron chi connectivity index (χ1n) is 59.8. The molecule has 2 atom stereocenters. The zero-order valence-electron chi connectivity index (χ0n) is 89.0. The van der Waals surface area contributed by atoms with Crippen LogP contribution in [0.2, 0.25) is 10.8 Å². The minimum absolute atomic E-state index is 0.697. The van der Waals surface area contributed by atoms with E-state index in [-0.39, 0.29) is 0 Å². The van der Waals surface area contributed by atoms with Crippen LogP contribution in [0.15, 0.2) is 84.5 Å². The third-order valence-corrected chi connectivity index (χ3v) is 30.8. The van der Waals surface area contributed by atoms with Crippen LogP contribution in [-0.2, 0) is 27.3 Å². The fourth-order valence-electron chi connectivity index (χ4n) is 20.4. The molecule has 754 valence electrons. The van der Waals surface area contributed by atoms with E-state index in [2.05, 4.69) is 142 Å². The molecule has 0 amide bonds. The van der Waals surface area contributed by atoms with Crippen LogP contribution >= 0.6 is 0 Å². The molecular formula is C126H230N2Ni. The minimum Gasteiger partial charge on any atom is -0.0654 e. The van der Waals surface area contributed by atoms with E-state index in [0.29, 0.717) is 11.8 Å². The first-order chi connectivity index (χ1) is 64.0. The second-order valence-electron chi connectivity index (χ2n) is 41.9. The second-order valence-corrected chi connectivity index (χ2v) is 43.3. The predicted molar refractivity (Wildman–Crippen MR) is 583 cm³/mol. The van der Waals surface area contributed by atoms with Gasteiger partial charge in [-0.05, 0) is 112 Å². The average Bonchev–Trinajstić information content (AvgIpc) is 1.62. The molecule has 1 aliphatic rings. The molecular weight excluding hydrogens is 1600 g/mol. The number of unbranched alkanes of at least 4 members (excludes halogenated alkanes) is 79. The number of nitrogens with zero attached hydrogens (tertiary/aromatic N) is 2. The van der Waals surface area contributed by atoms with Crippen LogP contribution in [0.3, 0.4) is 0 Å². The van der Waals surface area contributed by atoms with Crippen molar-refractivity contribution in [1.29, 1.82) is 0 Å². The molecule has 0 saturated heterocycles. The molecule has 0 saturated carbocycles. The van der Waals surface area contributed by atoms with Crippen molar-refractivity contribution < 1.29 is 19.1 Å². The maximum atomic E-state index is 12.4. The number of allylic oxidation sites excluding steroid dienone is 6. The van der Waals surface area contributed by atoms with Crippen LogP contribution in [0.4, 0.5) is 0 Å². The van der Waals surface area contributed by atoms with Crippen molar-refractivity contribution >= 4 is 11.4 Å². The van der Waals surface area contributed by atoms with Gasteiger partial charge in [-0.3, -0.25) is 0 Å². The van der Waals surface area contributed by atoms with Crippen molar-refractivity contribution in [3.8, 4) is 0 Å². The monoisotopic (exact) mass is 1830 g/mol. The minimum atomic E-state index is 0.697. The summed E-state index contributed by atoms with van der Waals surface area (Å²) in [5, 5.41) is 2.87. The van der Waals surface area contributed by atoms with Crippen LogP contribution in [-0.4, -0.2) is 4.70 Å². The topological polar surface area (TPSA) is 25.3 Å². The summed E-state index contributed by atoms with van der Waals surface area (Å²) in [7, 11) is 0. The molecule has 1 aliphatic heterocycles. The summed E-state index contributed by atoms with van der Waals surface area (Å²) in [4.78, 5) is 0. The molecule has 0 fully saturated rings. The Kier molecular flexibility index (Phi) is 96.3. The van der Waals surface area contributed by atoms with Gasteiger partial charge in [-0.15, -0.1) is 0 Å². The van der Waals surface area contributed by atoms with Crippen molar-refractivity contribution in [2.24, 2.45) is 11.8 Å². The van der Waals surface area contributed by atoms with Gasteiger partial charge >= 0.3 is 166 Å². The van der Waals surface area contributed by atoms with E-state index in [0.717, 1.165) is 43.5 Å². The van der Waals surface area contributed by atoms with Crippen LogP contribution < -0.4 is 0 Å². The molecule has 3 rings (SSSR count). The molecule has 2 aromatic rings. The zero-order chi connectivity index (χ0) is 92.3. The molecule has 0 aromatic heterocycles. The molecule has 2 nitrogen and oxygen atoms in total. The third kappa shape index (κ3) is 79.2. The average molecular weight is 1830 g/mol. The van der Waals surface area contributed by atoms with Crippen molar-refractivity contribution in [2.45, 2.75) is 669 Å². The van der Waals surface area contributed by atoms with E-state index in [1.54, 1.807) is 4.70 Å². The number of aryl methyl sites for hydroxylation is 2. The predicted octanol–water partition coefficient (Wildman–Crippen LogP) is 46.2. The van der Waals surface area contributed by atoms with Gasteiger partial charge in [0.1, 0.15) is 0 Å². The van der Waals surface area contributed by atoms with Gasteiger partial charge in [0.25, 0.3) is 0 Å². The molecule has 0 N–H and O–H groups in total. The number of benzene rings is 2. The van der Waals surface area contributed by atoms with Crippen LogP contribution in [0.1, 0.15) is 668 Å². The van der Waals surface area contributed by atoms with E-state index in [1.165, 1.54) is 616 Å². The summed E-state index contributed by atoms with van der Waals surface area (Å²) in [5.41, 5.74) is 20.8. The smallest absolute Gasteiger partial charge is 0.0654 e. The SMILES string of the molecule is CCCCCCCCCCCCCCCCCCCC=CCC(CCCC)CCc1ccccc1C1=CC(CCCC)=C(c2ccccc2CCC(CC=CCCCCCCCCCCCCCCCCCCC)CCCC)[N+]1=[N-].CCCCCCCCCCCCCCCCCCCCCCC[CH2][Ni][CH2]CCCCCCCCCCCCCCCCCCCCCCC. The normalized spacial score (nSPS) is 13.0. The Morgan fingerprint density at radius 1 is 0.233 bits per heavy atom. The molecule has 3 heteroatoms. The van der Waals surface area contributed by atoms with Crippen LogP contribution in [0, 0.1) is 11.8 Å². The van der Waals surface area contributed by atoms with Crippen molar-refractivity contribution in [1.82, 2.24) is 0 Å². The summed E-state index contributed by atoms with van der Waals surface area (Å²) >= 11 is 2.05. The van der Waals surface area contributed by atoms with Gasteiger partial charge < -0.3 is 5.53 Å². The van der Waals surface area contributed by atoms with Crippen molar-refractivity contribution in [3.63, 3.8) is 0 Å². The number of hydrogen-bond donors (Lipinski definition) is 0. The maximum absolute atomic E-state index is 12.4. The Balaban J connectivity index is 0.000000985. The third-order valence-electron chi connectivity index (χ3n) is 29.4. The summed E-state index contributed by atoms with van der Waals surface area (Å²) in [6, 6.07) is 18.0. The Hall–Kier alpha value is -2.51. The Bertz CT molecular complexity index is 2660. The van der Waals surface area contributed by atoms with Crippen LogP contribution in [0.25, 0.3) is 16.9 Å². The van der Waals surface area contributed by atoms with E-state index in [9.17, 15) is 5.53 Å². The van der Waals surface area contributed by atoms with E-state index in [1.807, 2.05) is 0 Å². The Labute approximate surface area is 818 Å². The fourth-order valence-corrected chi connectivity index (χ4v) is 21.6. The first-order valence-corrected chi connectivity index (χ1v) is 61.2. The van der Waals surface area contributed by atoms with E-state index < -0.39 is 0 Å². The summed E-state index contributed by atoms with van der Waals surface area (Å²) in [6.07, 6.45) is 147. The van der Waals surface area contributed by atoms with E-state index >= 15 is 0 Å². The second kappa shape index (κ2) is 101. The Morgan fingerprint density at radius 3 is 0.721 bits per heavy atom. The summed E-state index contributed by atoms with van der Waals surface area (Å²) in [5.74, 6) is 1.39. The first kappa shape index (κ1) is 123. The van der Waals surface area contributed by atoms with Crippen molar-refractivity contribution in [3.05, 3.63) is 112 Å². The van der Waals surface area contributed by atoms with Crippen molar-refractivity contribution in [2.75, 3.05) is 0 Å². The van der Waals surface area contributed by atoms with E-state index in [4.69, 9.17) is 0 Å². The van der Waals surface area contributed by atoms with Gasteiger partial charge in [0.05, 0.1) is 0 Å². The summed E-state index contributed by atoms with van der Waals surface area (Å²) in [6.45, 7) is 16.2. The van der Waals surface area contributed by atoms with Crippen LogP contribution in [0.5, 0.6) is 0 Å². The molecule has 0 radical (unpaired) electrons. The fraction of sp³-hybridized carbons (Fsp3) is 0.841. The molecule has 0 spiro atoms. The van der Waals surface area contributed by atoms with Gasteiger partial charge in [0, 0.05) is 22.8 Å². The van der Waals surface area contributed by atoms with Gasteiger partial charge in [-0.2, -0.15) is 0 Å². The van der Waals surface area contributed by atoms with Gasteiger partial charge in [0.15, 0.2) is 0 Å². The molecule has 2 unspecified atom stereocenters. The van der Waals surface area contributed by atoms with Gasteiger partial charge in [-0.25, -0.2) is 4.70 Å². The molecule has 129 heavy (non-hydrogen) atoms. The quantitative estimate of drug-likeness (QED) is 0.0273. The molecule has 2 aromatic carbocycles. The molecule has 1 heterocycles. The zero-order valence-corrected chi connectivity index (χ0v) is 89.9. The standard InChI is InChI=1S/C78H132N2.2C24H49.Ni/c1-6-11-16-18-20-22-24-26-28-30-32-34-36-38-40-42-44-46-48-50-58-70(56-13-8-3)65-67-72-61-52-54-63-75(72)77-69-74(60-15-10-5)78(80(77)79)76-64-55-53-62-73(76)68-66-71(57-14-9-4)59-51-49-47-45-43-41-39-37-35-33-31-29-27-25-23-21-19-17-12-7-2;2*1-3-5-7-9-11-13-15-17-19-21-23-24-22-20-18-16-14-12-10-8-6-4-2;/h48-55,61-64,69-71H,6-47,56-60,65-68H2,1-5H3;2*1,3-24H2,2H3;. The van der Waals surface area contributed by atoms with Gasteiger partial charge in [-0.1, -0.05) is 501 Å². The molecule has 0 aliphatic carbocycles. The summed E-state index contributed by atoms with van der Waals surface area (Å²) < 4.78 is 1.59.